The molecule has 3 heteroatoms. The Morgan fingerprint density at radius 2 is 2.08 bits per heavy atom. The maximum Gasteiger partial charge on any atom is 0.158 e. The molecule has 0 spiro atoms. The molecule has 12 heavy (non-hydrogen) atoms. The van der Waals surface area contributed by atoms with Gasteiger partial charge in [-0.3, -0.25) is 4.79 Å². The standard InChI is InChI=1S/C9H14O3/c1-6(10)8-4-5-9(12-8)7(2)11-3/h8-9H,2,4-5H2,1,3H3. The van der Waals surface area contributed by atoms with Crippen LogP contribution in [0.2, 0.25) is 0 Å². The van der Waals surface area contributed by atoms with Crippen molar-refractivity contribution in [1.29, 1.82) is 0 Å². The molecule has 0 aromatic carbocycles. The van der Waals surface area contributed by atoms with Crippen molar-refractivity contribution in [2.45, 2.75) is 32.0 Å². The van der Waals surface area contributed by atoms with Gasteiger partial charge in [0, 0.05) is 0 Å². The smallest absolute Gasteiger partial charge is 0.158 e. The molecular formula is C9H14O3. The van der Waals surface area contributed by atoms with Crippen molar-refractivity contribution < 1.29 is 14.3 Å². The molecule has 1 heterocycles. The van der Waals surface area contributed by atoms with Crippen LogP contribution in [0.25, 0.3) is 0 Å². The summed E-state index contributed by atoms with van der Waals surface area (Å²) in [6.07, 6.45) is 1.27. The summed E-state index contributed by atoms with van der Waals surface area (Å²) in [6, 6.07) is 0. The lowest BCUT2D eigenvalue weighted by Crippen LogP contribution is -2.19. The molecule has 1 rings (SSSR count). The molecule has 1 aliphatic heterocycles. The third-order valence-electron chi connectivity index (χ3n) is 2.09. The number of Topliss-reactive ketones (excluding diaryl/α,β-unsaturated/α-hetero) is 1. The number of ketones is 1. The zero-order valence-electron chi connectivity index (χ0n) is 7.50. The summed E-state index contributed by atoms with van der Waals surface area (Å²) < 4.78 is 10.3. The van der Waals surface area contributed by atoms with Crippen molar-refractivity contribution in [3.05, 3.63) is 12.3 Å². The fourth-order valence-electron chi connectivity index (χ4n) is 1.30. The molecule has 2 atom stereocenters. The lowest BCUT2D eigenvalue weighted by atomic mass is 10.1. The van der Waals surface area contributed by atoms with E-state index < -0.39 is 0 Å². The summed E-state index contributed by atoms with van der Waals surface area (Å²) in [6.45, 7) is 5.23. The summed E-state index contributed by atoms with van der Waals surface area (Å²) in [5, 5.41) is 0. The predicted octanol–water partition coefficient (Wildman–Crippen LogP) is 1.28. The number of hydrogen-bond donors (Lipinski definition) is 0. The van der Waals surface area contributed by atoms with Crippen molar-refractivity contribution >= 4 is 5.78 Å². The van der Waals surface area contributed by atoms with Crippen molar-refractivity contribution in [3.8, 4) is 0 Å². The van der Waals surface area contributed by atoms with Gasteiger partial charge in [0.1, 0.15) is 18.0 Å². The first-order valence-corrected chi connectivity index (χ1v) is 4.04. The first kappa shape index (κ1) is 9.26. The predicted molar refractivity (Wildman–Crippen MR) is 44.7 cm³/mol. The Labute approximate surface area is 72.4 Å². The molecule has 68 valence electrons. The molecule has 0 aliphatic carbocycles. The quantitative estimate of drug-likeness (QED) is 0.598. The molecule has 0 aromatic heterocycles. The van der Waals surface area contributed by atoms with Gasteiger partial charge in [-0.1, -0.05) is 6.58 Å². The van der Waals surface area contributed by atoms with Gasteiger partial charge in [0.05, 0.1) is 7.11 Å². The Morgan fingerprint density at radius 3 is 2.50 bits per heavy atom. The lowest BCUT2D eigenvalue weighted by molar-refractivity contribution is -0.127. The fourth-order valence-corrected chi connectivity index (χ4v) is 1.30. The number of hydrogen-bond acceptors (Lipinski definition) is 3. The van der Waals surface area contributed by atoms with Crippen LogP contribution in [-0.4, -0.2) is 25.1 Å². The van der Waals surface area contributed by atoms with Crippen LogP contribution in [0.4, 0.5) is 0 Å². The summed E-state index contributed by atoms with van der Waals surface area (Å²) >= 11 is 0. The minimum atomic E-state index is -0.248. The van der Waals surface area contributed by atoms with Crippen LogP contribution in [0.3, 0.4) is 0 Å². The largest absolute Gasteiger partial charge is 0.499 e. The second-order valence-electron chi connectivity index (χ2n) is 2.97. The zero-order chi connectivity index (χ0) is 9.14. The summed E-state index contributed by atoms with van der Waals surface area (Å²) in [5.41, 5.74) is 0. The topological polar surface area (TPSA) is 35.5 Å². The average Bonchev–Trinajstić information content (AvgIpc) is 2.51. The molecule has 0 amide bonds. The molecule has 2 unspecified atom stereocenters. The Balaban J connectivity index is 2.45. The van der Waals surface area contributed by atoms with Gasteiger partial charge in [0.25, 0.3) is 0 Å². The number of carbonyl (C=O) groups is 1. The van der Waals surface area contributed by atoms with Crippen molar-refractivity contribution in [2.24, 2.45) is 0 Å². The SMILES string of the molecule is C=C(OC)C1CCC(C(C)=O)O1. The van der Waals surface area contributed by atoms with E-state index in [0.717, 1.165) is 12.8 Å². The number of ether oxygens (including phenoxy) is 2. The van der Waals surface area contributed by atoms with E-state index in [2.05, 4.69) is 6.58 Å². The van der Waals surface area contributed by atoms with Gasteiger partial charge in [-0.25, -0.2) is 0 Å². The van der Waals surface area contributed by atoms with E-state index in [1.54, 1.807) is 14.0 Å². The maximum atomic E-state index is 10.9. The Bertz CT molecular complexity index is 198. The first-order chi connectivity index (χ1) is 5.65. The molecule has 1 aliphatic rings. The number of methoxy groups -OCH3 is 1. The Kier molecular flexibility index (Phi) is 2.87. The molecular weight excluding hydrogens is 156 g/mol. The molecule has 1 saturated heterocycles. The number of rotatable bonds is 3. The van der Waals surface area contributed by atoms with Crippen molar-refractivity contribution in [2.75, 3.05) is 7.11 Å². The van der Waals surface area contributed by atoms with E-state index in [4.69, 9.17) is 9.47 Å². The van der Waals surface area contributed by atoms with Crippen LogP contribution >= 0.6 is 0 Å². The molecule has 0 radical (unpaired) electrons. The van der Waals surface area contributed by atoms with Crippen molar-refractivity contribution in [3.63, 3.8) is 0 Å². The summed E-state index contributed by atoms with van der Waals surface area (Å²) in [5.74, 6) is 0.695. The van der Waals surface area contributed by atoms with E-state index in [1.807, 2.05) is 0 Å². The van der Waals surface area contributed by atoms with E-state index in [0.29, 0.717) is 5.76 Å². The minimum absolute atomic E-state index is 0.0846. The monoisotopic (exact) mass is 170 g/mol. The van der Waals surface area contributed by atoms with Gasteiger partial charge in [0.2, 0.25) is 0 Å². The van der Waals surface area contributed by atoms with Crippen LogP contribution in [0.1, 0.15) is 19.8 Å². The van der Waals surface area contributed by atoms with Crippen LogP contribution in [0.5, 0.6) is 0 Å². The second kappa shape index (κ2) is 3.72. The van der Waals surface area contributed by atoms with Gasteiger partial charge >= 0.3 is 0 Å². The van der Waals surface area contributed by atoms with Gasteiger partial charge < -0.3 is 9.47 Å². The lowest BCUT2D eigenvalue weighted by Gasteiger charge is -2.12. The van der Waals surface area contributed by atoms with E-state index in [-0.39, 0.29) is 18.0 Å². The summed E-state index contributed by atoms with van der Waals surface area (Å²) in [4.78, 5) is 10.9. The molecule has 0 bridgehead atoms. The van der Waals surface area contributed by atoms with E-state index >= 15 is 0 Å². The normalized spacial score (nSPS) is 28.5. The van der Waals surface area contributed by atoms with Gasteiger partial charge in [0.15, 0.2) is 5.78 Å². The summed E-state index contributed by atoms with van der Waals surface area (Å²) in [7, 11) is 1.56. The third kappa shape index (κ3) is 1.85. The highest BCUT2D eigenvalue weighted by Gasteiger charge is 2.30. The molecule has 0 saturated carbocycles. The highest BCUT2D eigenvalue weighted by Crippen LogP contribution is 2.24. The maximum absolute atomic E-state index is 10.9. The van der Waals surface area contributed by atoms with E-state index in [9.17, 15) is 4.79 Å². The molecule has 0 N–H and O–H groups in total. The highest BCUT2D eigenvalue weighted by molar-refractivity contribution is 5.80. The number of carbonyl (C=O) groups excluding carboxylic acids is 1. The zero-order valence-corrected chi connectivity index (χ0v) is 7.50. The fraction of sp³-hybridized carbons (Fsp3) is 0.667. The Hall–Kier alpha value is -0.830. The molecule has 3 nitrogen and oxygen atoms in total. The van der Waals surface area contributed by atoms with Crippen LogP contribution < -0.4 is 0 Å². The van der Waals surface area contributed by atoms with Gasteiger partial charge in [-0.2, -0.15) is 0 Å². The van der Waals surface area contributed by atoms with E-state index in [1.165, 1.54) is 0 Å². The Morgan fingerprint density at radius 1 is 1.50 bits per heavy atom. The van der Waals surface area contributed by atoms with Gasteiger partial charge in [-0.15, -0.1) is 0 Å². The second-order valence-corrected chi connectivity index (χ2v) is 2.97. The van der Waals surface area contributed by atoms with Crippen LogP contribution in [0, 0.1) is 0 Å². The first-order valence-electron chi connectivity index (χ1n) is 4.04. The minimum Gasteiger partial charge on any atom is -0.499 e. The third-order valence-corrected chi connectivity index (χ3v) is 2.09. The van der Waals surface area contributed by atoms with Crippen LogP contribution in [-0.2, 0) is 14.3 Å². The average molecular weight is 170 g/mol. The molecule has 1 fully saturated rings. The highest BCUT2D eigenvalue weighted by atomic mass is 16.5. The molecule has 0 aromatic rings. The van der Waals surface area contributed by atoms with Gasteiger partial charge in [-0.05, 0) is 19.8 Å². The van der Waals surface area contributed by atoms with Crippen molar-refractivity contribution in [1.82, 2.24) is 0 Å². The van der Waals surface area contributed by atoms with Crippen LogP contribution in [0.15, 0.2) is 12.3 Å².